The fourth-order valence-electron chi connectivity index (χ4n) is 3.06. The molecule has 0 radical (unpaired) electrons. The van der Waals surface area contributed by atoms with Crippen molar-refractivity contribution in [3.8, 4) is 11.4 Å². The van der Waals surface area contributed by atoms with Crippen molar-refractivity contribution < 1.29 is 13.7 Å². The first-order chi connectivity index (χ1) is 13.7. The Balaban J connectivity index is 1.28. The number of carbonyl (C=O) groups is 1. The highest BCUT2D eigenvalue weighted by Gasteiger charge is 2.22. The largest absolute Gasteiger partial charge is 0.338 e. The Hall–Kier alpha value is -3.26. The molecule has 3 aromatic rings. The fourth-order valence-corrected chi connectivity index (χ4v) is 3.06. The van der Waals surface area contributed by atoms with Crippen molar-refractivity contribution in [2.24, 2.45) is 0 Å². The molecule has 0 unspecified atom stereocenters. The molecule has 8 heteroatoms. The van der Waals surface area contributed by atoms with E-state index in [1.54, 1.807) is 17.0 Å². The molecule has 144 valence electrons. The maximum Gasteiger partial charge on any atom is 0.321 e. The van der Waals surface area contributed by atoms with E-state index < -0.39 is 0 Å². The summed E-state index contributed by atoms with van der Waals surface area (Å²) in [5.74, 6) is 0.805. The average molecular weight is 381 g/mol. The highest BCUT2D eigenvalue weighted by molar-refractivity contribution is 5.89. The summed E-state index contributed by atoms with van der Waals surface area (Å²) in [6, 6.07) is 15.2. The minimum Gasteiger partial charge on any atom is -0.338 e. The van der Waals surface area contributed by atoms with Crippen LogP contribution in [-0.2, 0) is 6.54 Å². The van der Waals surface area contributed by atoms with Crippen molar-refractivity contribution in [1.82, 2.24) is 19.9 Å². The van der Waals surface area contributed by atoms with Crippen molar-refractivity contribution in [3.63, 3.8) is 0 Å². The molecule has 4 rings (SSSR count). The van der Waals surface area contributed by atoms with Crippen molar-refractivity contribution in [3.05, 3.63) is 66.3 Å². The maximum absolute atomic E-state index is 13.0. The average Bonchev–Trinajstić information content (AvgIpc) is 3.19. The van der Waals surface area contributed by atoms with E-state index in [1.165, 1.54) is 12.1 Å². The molecule has 1 aliphatic rings. The zero-order valence-electron chi connectivity index (χ0n) is 15.2. The van der Waals surface area contributed by atoms with Crippen LogP contribution in [0.15, 0.2) is 59.1 Å². The summed E-state index contributed by atoms with van der Waals surface area (Å²) < 4.78 is 18.3. The number of urea groups is 1. The van der Waals surface area contributed by atoms with Crippen LogP contribution >= 0.6 is 0 Å². The van der Waals surface area contributed by atoms with Crippen LogP contribution in [0, 0.1) is 5.82 Å². The molecule has 1 aliphatic heterocycles. The summed E-state index contributed by atoms with van der Waals surface area (Å²) in [5, 5.41) is 6.82. The predicted octanol–water partition coefficient (Wildman–Crippen LogP) is 3.23. The van der Waals surface area contributed by atoms with E-state index in [-0.39, 0.29) is 11.8 Å². The number of anilines is 1. The second kappa shape index (κ2) is 8.18. The Morgan fingerprint density at radius 2 is 1.75 bits per heavy atom. The van der Waals surface area contributed by atoms with Gasteiger partial charge in [0.1, 0.15) is 5.82 Å². The van der Waals surface area contributed by atoms with Gasteiger partial charge in [0.05, 0.1) is 6.54 Å². The van der Waals surface area contributed by atoms with Crippen LogP contribution in [0.5, 0.6) is 0 Å². The maximum atomic E-state index is 13.0. The first-order valence-corrected chi connectivity index (χ1v) is 9.09. The fraction of sp³-hybridized carbons (Fsp3) is 0.250. The van der Waals surface area contributed by atoms with E-state index in [9.17, 15) is 9.18 Å². The molecule has 1 aromatic heterocycles. The van der Waals surface area contributed by atoms with Crippen molar-refractivity contribution >= 4 is 11.7 Å². The predicted molar refractivity (Wildman–Crippen MR) is 102 cm³/mol. The Morgan fingerprint density at radius 1 is 1.04 bits per heavy atom. The van der Waals surface area contributed by atoms with Crippen molar-refractivity contribution in [2.45, 2.75) is 6.54 Å². The third-order valence-electron chi connectivity index (χ3n) is 4.61. The minimum atomic E-state index is -0.330. The number of hydrogen-bond donors (Lipinski definition) is 1. The SMILES string of the molecule is O=C(Nc1ccc(F)cc1)N1CCN(Cc2nc(-c3ccccc3)no2)CC1. The number of hydrogen-bond acceptors (Lipinski definition) is 5. The lowest BCUT2D eigenvalue weighted by atomic mass is 10.2. The number of nitrogens with one attached hydrogen (secondary N) is 1. The third-order valence-corrected chi connectivity index (χ3v) is 4.61. The van der Waals surface area contributed by atoms with Gasteiger partial charge in [-0.15, -0.1) is 0 Å². The second-order valence-corrected chi connectivity index (χ2v) is 6.58. The quantitative estimate of drug-likeness (QED) is 0.751. The van der Waals surface area contributed by atoms with Crippen LogP contribution in [0.25, 0.3) is 11.4 Å². The van der Waals surface area contributed by atoms with Gasteiger partial charge in [-0.3, -0.25) is 4.90 Å². The Labute approximate surface area is 161 Å². The molecule has 1 fully saturated rings. The van der Waals surface area contributed by atoms with Crippen LogP contribution in [0.1, 0.15) is 5.89 Å². The van der Waals surface area contributed by atoms with Gasteiger partial charge in [-0.1, -0.05) is 35.5 Å². The molecule has 28 heavy (non-hydrogen) atoms. The topological polar surface area (TPSA) is 74.5 Å². The molecule has 2 heterocycles. The normalized spacial score (nSPS) is 14.8. The van der Waals surface area contributed by atoms with E-state index in [0.29, 0.717) is 50.1 Å². The number of rotatable bonds is 4. The first kappa shape index (κ1) is 18.1. The van der Waals surface area contributed by atoms with E-state index in [2.05, 4.69) is 20.4 Å². The first-order valence-electron chi connectivity index (χ1n) is 9.09. The Morgan fingerprint density at radius 3 is 2.46 bits per heavy atom. The van der Waals surface area contributed by atoms with Gasteiger partial charge in [-0.05, 0) is 24.3 Å². The molecule has 0 aliphatic carbocycles. The lowest BCUT2D eigenvalue weighted by Crippen LogP contribution is -2.49. The molecule has 7 nitrogen and oxygen atoms in total. The smallest absolute Gasteiger partial charge is 0.321 e. The lowest BCUT2D eigenvalue weighted by Gasteiger charge is -2.33. The van der Waals surface area contributed by atoms with Crippen molar-refractivity contribution in [1.29, 1.82) is 0 Å². The standard InChI is InChI=1S/C20H20FN5O2/c21-16-6-8-17(9-7-16)22-20(27)26-12-10-25(11-13-26)14-18-23-19(24-28-18)15-4-2-1-3-5-15/h1-9H,10-14H2,(H,22,27). The zero-order chi connectivity index (χ0) is 19.3. The van der Waals surface area contributed by atoms with Gasteiger partial charge >= 0.3 is 6.03 Å². The molecule has 1 saturated heterocycles. The highest BCUT2D eigenvalue weighted by atomic mass is 19.1. The van der Waals surface area contributed by atoms with Crippen LogP contribution < -0.4 is 5.32 Å². The summed E-state index contributed by atoms with van der Waals surface area (Å²) in [5.41, 5.74) is 1.49. The van der Waals surface area contributed by atoms with Gasteiger partial charge < -0.3 is 14.7 Å². The molecule has 0 atom stereocenters. The number of carbonyl (C=O) groups excluding carboxylic acids is 1. The monoisotopic (exact) mass is 381 g/mol. The summed E-state index contributed by atoms with van der Waals surface area (Å²) >= 11 is 0. The van der Waals surface area contributed by atoms with Gasteiger partial charge in [-0.25, -0.2) is 9.18 Å². The van der Waals surface area contributed by atoms with E-state index in [0.717, 1.165) is 5.56 Å². The number of nitrogens with zero attached hydrogens (tertiary/aromatic N) is 4. The molecular weight excluding hydrogens is 361 g/mol. The summed E-state index contributed by atoms with van der Waals surface area (Å²) in [6.07, 6.45) is 0. The van der Waals surface area contributed by atoms with E-state index in [1.807, 2.05) is 30.3 Å². The second-order valence-electron chi connectivity index (χ2n) is 6.58. The molecule has 0 bridgehead atoms. The highest BCUT2D eigenvalue weighted by Crippen LogP contribution is 2.16. The van der Waals surface area contributed by atoms with Gasteiger partial charge in [0.15, 0.2) is 0 Å². The summed E-state index contributed by atoms with van der Waals surface area (Å²) in [6.45, 7) is 3.15. The number of piperazine rings is 1. The molecule has 0 saturated carbocycles. The van der Waals surface area contributed by atoms with Gasteiger partial charge in [-0.2, -0.15) is 4.98 Å². The van der Waals surface area contributed by atoms with Crippen molar-refractivity contribution in [2.75, 3.05) is 31.5 Å². The minimum absolute atomic E-state index is 0.185. The number of halogens is 1. The van der Waals surface area contributed by atoms with Crippen LogP contribution in [0.2, 0.25) is 0 Å². The van der Waals surface area contributed by atoms with Gasteiger partial charge in [0.25, 0.3) is 0 Å². The number of aromatic nitrogens is 2. The van der Waals surface area contributed by atoms with Gasteiger partial charge in [0.2, 0.25) is 11.7 Å². The number of benzene rings is 2. The van der Waals surface area contributed by atoms with Crippen LogP contribution in [0.4, 0.5) is 14.9 Å². The van der Waals surface area contributed by atoms with Crippen LogP contribution in [-0.4, -0.2) is 52.2 Å². The molecular formula is C20H20FN5O2. The van der Waals surface area contributed by atoms with Crippen LogP contribution in [0.3, 0.4) is 0 Å². The summed E-state index contributed by atoms with van der Waals surface area (Å²) in [4.78, 5) is 20.7. The molecule has 2 amide bonds. The van der Waals surface area contributed by atoms with E-state index in [4.69, 9.17) is 4.52 Å². The molecule has 2 aromatic carbocycles. The summed E-state index contributed by atoms with van der Waals surface area (Å²) in [7, 11) is 0. The Bertz CT molecular complexity index is 921. The van der Waals surface area contributed by atoms with Gasteiger partial charge in [0, 0.05) is 37.4 Å². The third kappa shape index (κ3) is 4.34. The molecule has 1 N–H and O–H groups in total. The Kier molecular flexibility index (Phi) is 5.29. The number of amides is 2. The lowest BCUT2D eigenvalue weighted by molar-refractivity contribution is 0.133. The zero-order valence-corrected chi connectivity index (χ0v) is 15.2. The molecule has 0 spiro atoms. The van der Waals surface area contributed by atoms with E-state index >= 15 is 0 Å².